The highest BCUT2D eigenvalue weighted by molar-refractivity contribution is 5.72. The quantitative estimate of drug-likeness (QED) is 0.291. The van der Waals surface area contributed by atoms with Crippen molar-refractivity contribution in [2.45, 2.75) is 75.7 Å². The fourth-order valence-corrected chi connectivity index (χ4v) is 7.87. The molecule has 3 heterocycles. The number of anilines is 3. The molecule has 3 aliphatic carbocycles. The number of rotatable bonds is 5. The Balaban J connectivity index is 1.07. The molecule has 2 bridgehead atoms. The molecule has 7 nitrogen and oxygen atoms in total. The first kappa shape index (κ1) is 24.1. The van der Waals surface area contributed by atoms with Crippen LogP contribution in [0.15, 0.2) is 54.6 Å². The van der Waals surface area contributed by atoms with E-state index in [2.05, 4.69) is 69.8 Å². The Morgan fingerprint density at radius 2 is 1.62 bits per heavy atom. The van der Waals surface area contributed by atoms with Crippen LogP contribution in [0.4, 0.5) is 17.6 Å². The van der Waals surface area contributed by atoms with Gasteiger partial charge in [0, 0.05) is 17.6 Å². The summed E-state index contributed by atoms with van der Waals surface area (Å²) in [6.45, 7) is 2.55. The number of hydrogen-bond donors (Lipinski definition) is 2. The van der Waals surface area contributed by atoms with Gasteiger partial charge < -0.3 is 16.0 Å². The molecule has 7 heteroatoms. The van der Waals surface area contributed by atoms with Gasteiger partial charge in [0.15, 0.2) is 5.82 Å². The first-order chi connectivity index (χ1) is 19.7. The van der Waals surface area contributed by atoms with E-state index in [1.807, 2.05) is 0 Å². The first-order valence-corrected chi connectivity index (χ1v) is 15.2. The minimum Gasteiger partial charge on any atom is -0.368 e. The van der Waals surface area contributed by atoms with Crippen molar-refractivity contribution in [3.63, 3.8) is 0 Å². The van der Waals surface area contributed by atoms with Crippen LogP contribution in [0.1, 0.15) is 79.2 Å². The lowest BCUT2D eigenvalue weighted by Gasteiger charge is -2.25. The molecule has 8 rings (SSSR count). The molecule has 2 aromatic carbocycles. The lowest BCUT2D eigenvalue weighted by Crippen LogP contribution is -2.32. The molecule has 2 aromatic heterocycles. The Labute approximate surface area is 235 Å². The molecule has 3 N–H and O–H groups in total. The van der Waals surface area contributed by atoms with E-state index in [0.717, 1.165) is 30.4 Å². The molecule has 3 unspecified atom stereocenters. The molecule has 2 fully saturated rings. The molecule has 40 heavy (non-hydrogen) atoms. The fraction of sp³-hybridized carbons (Fsp3) is 0.424. The van der Waals surface area contributed by atoms with Crippen molar-refractivity contribution in [2.75, 3.05) is 24.1 Å². The number of benzene rings is 2. The number of aryl methyl sites for hydroxylation is 2. The van der Waals surface area contributed by atoms with Crippen LogP contribution in [0.2, 0.25) is 0 Å². The van der Waals surface area contributed by atoms with Gasteiger partial charge >= 0.3 is 0 Å². The summed E-state index contributed by atoms with van der Waals surface area (Å²) in [6.07, 6.45) is 11.2. The Kier molecular flexibility index (Phi) is 5.87. The third-order valence-electron chi connectivity index (χ3n) is 9.85. The van der Waals surface area contributed by atoms with Crippen molar-refractivity contribution >= 4 is 17.6 Å². The van der Waals surface area contributed by atoms with Gasteiger partial charge in [0.25, 0.3) is 0 Å². The molecule has 0 amide bonds. The lowest BCUT2D eigenvalue weighted by molar-refractivity contribution is 0.222. The Hall–Kier alpha value is -3.71. The summed E-state index contributed by atoms with van der Waals surface area (Å²) < 4.78 is 1.70. The highest BCUT2D eigenvalue weighted by atomic mass is 15.4. The third-order valence-corrected chi connectivity index (χ3v) is 9.85. The molecule has 0 spiro atoms. The van der Waals surface area contributed by atoms with Crippen LogP contribution >= 0.6 is 0 Å². The van der Waals surface area contributed by atoms with Crippen molar-refractivity contribution in [3.05, 3.63) is 77.0 Å². The van der Waals surface area contributed by atoms with E-state index >= 15 is 0 Å². The van der Waals surface area contributed by atoms with Gasteiger partial charge in [-0.3, -0.25) is 0 Å². The minimum atomic E-state index is 0.348. The van der Waals surface area contributed by atoms with E-state index in [9.17, 15) is 0 Å². The number of nitrogens with zero attached hydrogens (tertiary/aromatic N) is 5. The maximum Gasteiger partial charge on any atom is 0.248 e. The summed E-state index contributed by atoms with van der Waals surface area (Å²) in [7, 11) is 0. The second kappa shape index (κ2) is 9.73. The second-order valence-electron chi connectivity index (χ2n) is 12.2. The molecule has 204 valence electrons. The predicted molar refractivity (Wildman–Crippen MR) is 159 cm³/mol. The second-order valence-corrected chi connectivity index (χ2v) is 12.2. The lowest BCUT2D eigenvalue weighted by atomic mass is 9.89. The monoisotopic (exact) mass is 531 g/mol. The van der Waals surface area contributed by atoms with E-state index in [0.29, 0.717) is 23.7 Å². The van der Waals surface area contributed by atoms with Gasteiger partial charge in [0.2, 0.25) is 11.9 Å². The van der Waals surface area contributed by atoms with Crippen LogP contribution in [-0.4, -0.2) is 43.8 Å². The van der Waals surface area contributed by atoms with E-state index in [1.165, 1.54) is 91.5 Å². The highest BCUT2D eigenvalue weighted by Gasteiger charge is 2.40. The van der Waals surface area contributed by atoms with E-state index in [-0.39, 0.29) is 0 Å². The van der Waals surface area contributed by atoms with Crippen molar-refractivity contribution < 1.29 is 0 Å². The molecular weight excluding hydrogens is 494 g/mol. The summed E-state index contributed by atoms with van der Waals surface area (Å²) in [5, 5.41) is 8.23. The van der Waals surface area contributed by atoms with Crippen molar-refractivity contribution in [1.82, 2.24) is 24.6 Å². The molecule has 0 radical (unpaired) electrons. The topological polar surface area (TPSA) is 84.9 Å². The number of likely N-dealkylation sites (tertiary alicyclic amines) is 1. The van der Waals surface area contributed by atoms with Crippen LogP contribution < -0.4 is 11.1 Å². The minimum absolute atomic E-state index is 0.348. The van der Waals surface area contributed by atoms with E-state index in [1.54, 1.807) is 4.68 Å². The summed E-state index contributed by atoms with van der Waals surface area (Å²) in [4.78, 5) is 12.4. The number of hydrogen-bond acceptors (Lipinski definition) is 6. The van der Waals surface area contributed by atoms with Crippen molar-refractivity contribution in [3.8, 4) is 16.9 Å². The van der Waals surface area contributed by atoms with Gasteiger partial charge in [-0.05, 0) is 123 Å². The highest BCUT2D eigenvalue weighted by Crippen LogP contribution is 2.55. The third kappa shape index (κ3) is 4.19. The SMILES string of the molecule is Nc1nc(Nc2ccc3c(c2)CCC(N2CCCC2)CC3)nn1-c1cc(-c2ccccc2)c2c(n1)C1CCC2C1. The normalized spacial score (nSPS) is 23.6. The van der Waals surface area contributed by atoms with Crippen molar-refractivity contribution in [2.24, 2.45) is 0 Å². The fourth-order valence-electron chi connectivity index (χ4n) is 7.87. The maximum absolute atomic E-state index is 6.45. The maximum atomic E-state index is 6.45. The van der Waals surface area contributed by atoms with Crippen LogP contribution in [0.3, 0.4) is 0 Å². The van der Waals surface area contributed by atoms with Gasteiger partial charge in [-0.15, -0.1) is 5.10 Å². The average Bonchev–Trinajstić information content (AvgIpc) is 3.78. The van der Waals surface area contributed by atoms with Crippen LogP contribution in [0.25, 0.3) is 16.9 Å². The Morgan fingerprint density at radius 3 is 2.48 bits per heavy atom. The first-order valence-electron chi connectivity index (χ1n) is 15.2. The molecule has 1 saturated carbocycles. The molecule has 4 aliphatic rings. The largest absolute Gasteiger partial charge is 0.368 e. The van der Waals surface area contributed by atoms with Crippen LogP contribution in [0, 0.1) is 0 Å². The number of nitrogen functional groups attached to an aromatic ring is 1. The number of nitrogens with one attached hydrogen (secondary N) is 1. The smallest absolute Gasteiger partial charge is 0.248 e. The predicted octanol–water partition coefficient (Wildman–Crippen LogP) is 6.36. The van der Waals surface area contributed by atoms with Gasteiger partial charge in [-0.25, -0.2) is 4.98 Å². The van der Waals surface area contributed by atoms with Gasteiger partial charge in [0.05, 0.1) is 5.69 Å². The number of nitrogens with two attached hydrogens (primary N) is 1. The van der Waals surface area contributed by atoms with Gasteiger partial charge in [-0.2, -0.15) is 9.67 Å². The molecule has 4 aromatic rings. The van der Waals surface area contributed by atoms with Crippen LogP contribution in [-0.2, 0) is 12.8 Å². The zero-order chi connectivity index (χ0) is 26.6. The molecule has 3 atom stereocenters. The number of pyridine rings is 1. The zero-order valence-electron chi connectivity index (χ0n) is 23.0. The Bertz CT molecular complexity index is 1550. The summed E-state index contributed by atoms with van der Waals surface area (Å²) in [5.74, 6) is 2.75. The van der Waals surface area contributed by atoms with Gasteiger partial charge in [-0.1, -0.05) is 36.4 Å². The summed E-state index contributed by atoms with van der Waals surface area (Å²) in [5.41, 5.74) is 15.5. The summed E-state index contributed by atoms with van der Waals surface area (Å²) >= 11 is 0. The average molecular weight is 532 g/mol. The number of aromatic nitrogens is 4. The number of fused-ring (bicyclic) bond motifs is 6. The molecule has 1 aliphatic heterocycles. The standard InChI is InChI=1S/C33H37N7/c34-32-37-33(35-26-13-10-21-11-14-27(15-12-23(21)19-26)39-16-4-5-17-39)38-40(32)29-20-28(22-6-2-1-3-7-22)30-24-8-9-25(18-24)31(30)36-29/h1-3,6-7,10,13,19-20,24-25,27H,4-5,8-9,11-12,14-18H2,(H3,34,35,37,38). The Morgan fingerprint density at radius 1 is 0.825 bits per heavy atom. The van der Waals surface area contributed by atoms with Crippen molar-refractivity contribution in [1.29, 1.82) is 0 Å². The molecule has 1 saturated heterocycles. The van der Waals surface area contributed by atoms with E-state index < -0.39 is 0 Å². The van der Waals surface area contributed by atoms with Crippen LogP contribution in [0.5, 0.6) is 0 Å². The van der Waals surface area contributed by atoms with Gasteiger partial charge in [0.1, 0.15) is 0 Å². The molecular formula is C33H37N7. The van der Waals surface area contributed by atoms with E-state index in [4.69, 9.17) is 15.8 Å². The summed E-state index contributed by atoms with van der Waals surface area (Å²) in [6, 6.07) is 20.3. The zero-order valence-corrected chi connectivity index (χ0v) is 23.0.